The van der Waals surface area contributed by atoms with E-state index in [2.05, 4.69) is 41.2 Å². The van der Waals surface area contributed by atoms with Gasteiger partial charge < -0.3 is 4.74 Å². The topological polar surface area (TPSA) is 9.23 Å². The van der Waals surface area contributed by atoms with Gasteiger partial charge in [0.05, 0.1) is 11.2 Å². The maximum atomic E-state index is 6.68. The van der Waals surface area contributed by atoms with Gasteiger partial charge in [0.15, 0.2) is 0 Å². The Morgan fingerprint density at radius 1 is 0.905 bits per heavy atom. The fourth-order valence-electron chi connectivity index (χ4n) is 6.52. The number of fused-ring (bicyclic) bond motifs is 3. The molecule has 1 saturated heterocycles. The molecule has 0 radical (unpaired) electrons. The predicted molar refractivity (Wildman–Crippen MR) is 89.3 cm³/mol. The molecule has 5 atom stereocenters. The summed E-state index contributed by atoms with van der Waals surface area (Å²) in [6.07, 6.45) is 11.2. The zero-order chi connectivity index (χ0) is 15.5. The lowest BCUT2D eigenvalue weighted by Crippen LogP contribution is -2.62. The summed E-state index contributed by atoms with van der Waals surface area (Å²) in [6, 6.07) is 0. The van der Waals surface area contributed by atoms with E-state index in [4.69, 9.17) is 4.74 Å². The standard InChI is InChI=1S/C20H34O/c1-7-18(4)13-9-16-19(5)12-8-11-17(2,3)15(19)10-14-20(16,6)21-18/h7,15-16H,1,8-14H2,2-6H3/t15?,16?,18-,19-,20+/m1/s1. The summed E-state index contributed by atoms with van der Waals surface area (Å²) in [5.41, 5.74) is 0.920. The van der Waals surface area contributed by atoms with E-state index in [0.717, 1.165) is 18.3 Å². The van der Waals surface area contributed by atoms with Gasteiger partial charge in [0, 0.05) is 0 Å². The molecule has 3 fully saturated rings. The van der Waals surface area contributed by atoms with E-state index in [1.54, 1.807) is 0 Å². The average Bonchev–Trinajstić information content (AvgIpc) is 2.36. The third-order valence-corrected chi connectivity index (χ3v) is 7.57. The van der Waals surface area contributed by atoms with Crippen molar-refractivity contribution in [2.24, 2.45) is 22.7 Å². The van der Waals surface area contributed by atoms with Crippen molar-refractivity contribution in [3.8, 4) is 0 Å². The molecule has 0 aromatic rings. The molecule has 0 amide bonds. The van der Waals surface area contributed by atoms with E-state index in [-0.39, 0.29) is 11.2 Å². The molecular formula is C20H34O. The molecule has 3 rings (SSSR count). The highest BCUT2D eigenvalue weighted by Crippen LogP contribution is 2.65. The molecule has 1 heteroatoms. The van der Waals surface area contributed by atoms with Crippen molar-refractivity contribution in [1.29, 1.82) is 0 Å². The molecule has 0 bridgehead atoms. The van der Waals surface area contributed by atoms with Crippen LogP contribution < -0.4 is 0 Å². The lowest BCUT2D eigenvalue weighted by atomic mass is 9.44. The number of hydrogen-bond acceptors (Lipinski definition) is 1. The minimum atomic E-state index is -0.112. The molecule has 0 aromatic carbocycles. The van der Waals surface area contributed by atoms with Crippen molar-refractivity contribution in [2.45, 2.75) is 90.8 Å². The van der Waals surface area contributed by atoms with Crippen LogP contribution in [-0.2, 0) is 4.74 Å². The Bertz CT molecular complexity index is 439. The molecule has 1 nitrogen and oxygen atoms in total. The molecule has 1 heterocycles. The van der Waals surface area contributed by atoms with E-state index in [1.807, 2.05) is 6.08 Å². The zero-order valence-corrected chi connectivity index (χ0v) is 14.8. The Labute approximate surface area is 131 Å². The highest BCUT2D eigenvalue weighted by atomic mass is 16.5. The SMILES string of the molecule is C=C[C@]1(C)CCC2[C@]3(C)CCCC(C)(C)C3CC[C@]2(C)O1. The van der Waals surface area contributed by atoms with Gasteiger partial charge in [-0.3, -0.25) is 0 Å². The van der Waals surface area contributed by atoms with E-state index in [1.165, 1.54) is 38.5 Å². The first-order valence-electron chi connectivity index (χ1n) is 8.99. The summed E-state index contributed by atoms with van der Waals surface area (Å²) in [4.78, 5) is 0. The van der Waals surface area contributed by atoms with Crippen LogP contribution in [0.4, 0.5) is 0 Å². The van der Waals surface area contributed by atoms with Crippen LogP contribution in [0.25, 0.3) is 0 Å². The minimum absolute atomic E-state index is 0.0554. The Morgan fingerprint density at radius 2 is 1.57 bits per heavy atom. The fraction of sp³-hybridized carbons (Fsp3) is 0.900. The van der Waals surface area contributed by atoms with Crippen LogP contribution in [0.2, 0.25) is 0 Å². The van der Waals surface area contributed by atoms with Crippen molar-refractivity contribution in [3.63, 3.8) is 0 Å². The molecule has 1 aliphatic heterocycles. The quantitative estimate of drug-likeness (QED) is 0.559. The highest BCUT2D eigenvalue weighted by Gasteiger charge is 2.61. The van der Waals surface area contributed by atoms with Gasteiger partial charge in [-0.1, -0.05) is 33.3 Å². The monoisotopic (exact) mass is 290 g/mol. The predicted octanol–water partition coefficient (Wildman–Crippen LogP) is 5.74. The second-order valence-electron chi connectivity index (χ2n) is 9.46. The van der Waals surface area contributed by atoms with Crippen molar-refractivity contribution in [3.05, 3.63) is 12.7 Å². The molecule has 3 aliphatic rings. The zero-order valence-electron chi connectivity index (χ0n) is 14.8. The first-order chi connectivity index (χ1) is 9.65. The smallest absolute Gasteiger partial charge is 0.0839 e. The summed E-state index contributed by atoms with van der Waals surface area (Å²) in [5.74, 6) is 1.59. The minimum Gasteiger partial charge on any atom is -0.365 e. The number of rotatable bonds is 1. The second kappa shape index (κ2) is 4.60. The van der Waals surface area contributed by atoms with Crippen molar-refractivity contribution < 1.29 is 4.74 Å². The lowest BCUT2D eigenvalue weighted by molar-refractivity contribution is -0.252. The second-order valence-corrected chi connectivity index (χ2v) is 9.46. The van der Waals surface area contributed by atoms with E-state index in [9.17, 15) is 0 Å². The van der Waals surface area contributed by atoms with Crippen LogP contribution in [0.3, 0.4) is 0 Å². The van der Waals surface area contributed by atoms with Crippen LogP contribution >= 0.6 is 0 Å². The summed E-state index contributed by atoms with van der Waals surface area (Å²) in [7, 11) is 0. The van der Waals surface area contributed by atoms with Crippen LogP contribution in [0.1, 0.15) is 79.6 Å². The lowest BCUT2D eigenvalue weighted by Gasteiger charge is -2.65. The van der Waals surface area contributed by atoms with Crippen LogP contribution in [0, 0.1) is 22.7 Å². The van der Waals surface area contributed by atoms with Gasteiger partial charge in [0.1, 0.15) is 0 Å². The highest BCUT2D eigenvalue weighted by molar-refractivity contribution is 5.12. The normalized spacial score (nSPS) is 52.6. The van der Waals surface area contributed by atoms with Gasteiger partial charge in [-0.05, 0) is 75.0 Å². The van der Waals surface area contributed by atoms with Gasteiger partial charge in [0.2, 0.25) is 0 Å². The molecule has 2 aliphatic carbocycles. The van der Waals surface area contributed by atoms with Crippen LogP contribution in [0.15, 0.2) is 12.7 Å². The third-order valence-electron chi connectivity index (χ3n) is 7.57. The molecule has 0 N–H and O–H groups in total. The molecular weight excluding hydrogens is 256 g/mol. The van der Waals surface area contributed by atoms with Gasteiger partial charge in [-0.15, -0.1) is 6.58 Å². The van der Waals surface area contributed by atoms with E-state index >= 15 is 0 Å². The first-order valence-corrected chi connectivity index (χ1v) is 8.99. The van der Waals surface area contributed by atoms with Crippen molar-refractivity contribution in [2.75, 3.05) is 0 Å². The Balaban J connectivity index is 1.94. The fourth-order valence-corrected chi connectivity index (χ4v) is 6.52. The molecule has 2 unspecified atom stereocenters. The average molecular weight is 290 g/mol. The summed E-state index contributed by atoms with van der Waals surface area (Å²) in [5, 5.41) is 0. The largest absolute Gasteiger partial charge is 0.365 e. The number of hydrogen-bond donors (Lipinski definition) is 0. The maximum absolute atomic E-state index is 6.68. The van der Waals surface area contributed by atoms with Crippen LogP contribution in [-0.4, -0.2) is 11.2 Å². The molecule has 0 spiro atoms. The maximum Gasteiger partial charge on any atom is 0.0839 e. The first kappa shape index (κ1) is 15.6. The summed E-state index contributed by atoms with van der Waals surface area (Å²) >= 11 is 0. The van der Waals surface area contributed by atoms with Gasteiger partial charge in [0.25, 0.3) is 0 Å². The van der Waals surface area contributed by atoms with Crippen LogP contribution in [0.5, 0.6) is 0 Å². The molecule has 21 heavy (non-hydrogen) atoms. The number of ether oxygens (including phenoxy) is 1. The Morgan fingerprint density at radius 3 is 2.24 bits per heavy atom. The van der Waals surface area contributed by atoms with Crippen molar-refractivity contribution in [1.82, 2.24) is 0 Å². The van der Waals surface area contributed by atoms with Gasteiger partial charge in [-0.25, -0.2) is 0 Å². The summed E-state index contributed by atoms with van der Waals surface area (Å²) < 4.78 is 6.68. The van der Waals surface area contributed by atoms with E-state index < -0.39 is 0 Å². The third kappa shape index (κ3) is 2.22. The Kier molecular flexibility index (Phi) is 3.41. The summed E-state index contributed by atoms with van der Waals surface area (Å²) in [6.45, 7) is 16.2. The van der Waals surface area contributed by atoms with Gasteiger partial charge in [-0.2, -0.15) is 0 Å². The molecule has 120 valence electrons. The van der Waals surface area contributed by atoms with Crippen molar-refractivity contribution >= 4 is 0 Å². The molecule has 2 saturated carbocycles. The van der Waals surface area contributed by atoms with E-state index in [0.29, 0.717) is 10.8 Å². The Hall–Kier alpha value is -0.300. The molecule has 0 aromatic heterocycles. The van der Waals surface area contributed by atoms with Gasteiger partial charge >= 0.3 is 0 Å².